The van der Waals surface area contributed by atoms with Crippen molar-refractivity contribution in [3.05, 3.63) is 59.8 Å². The summed E-state index contributed by atoms with van der Waals surface area (Å²) in [4.78, 5) is 16.0. The number of aliphatic carboxylic acids is 1. The van der Waals surface area contributed by atoms with E-state index in [0.29, 0.717) is 39.6 Å². The Kier molecular flexibility index (Phi) is 7.13. The minimum absolute atomic E-state index is 0.0387. The molecule has 3 aromatic rings. The van der Waals surface area contributed by atoms with Crippen LogP contribution >= 0.6 is 0 Å². The lowest BCUT2D eigenvalue weighted by Crippen LogP contribution is -2.10. The van der Waals surface area contributed by atoms with Crippen molar-refractivity contribution >= 4 is 17.0 Å². The van der Waals surface area contributed by atoms with Gasteiger partial charge >= 0.3 is 5.97 Å². The van der Waals surface area contributed by atoms with Crippen LogP contribution in [0.25, 0.3) is 11.1 Å². The number of hydrogen-bond donors (Lipinski definition) is 2. The fraction of sp³-hybridized carbons (Fsp3) is 0.286. The van der Waals surface area contributed by atoms with E-state index in [2.05, 4.69) is 10.1 Å². The summed E-state index contributed by atoms with van der Waals surface area (Å²) in [6.07, 6.45) is 4.31. The molecule has 0 spiro atoms. The van der Waals surface area contributed by atoms with Crippen LogP contribution in [-0.2, 0) is 28.7 Å². The first-order valence-corrected chi connectivity index (χ1v) is 10.8. The number of pyridine rings is 1. The van der Waals surface area contributed by atoms with Gasteiger partial charge in [-0.05, 0) is 46.4 Å². The first-order valence-electron chi connectivity index (χ1n) is 9.56. The third kappa shape index (κ3) is 5.74. The Hall–Kier alpha value is -3.11. The molecule has 0 aliphatic rings. The molecule has 0 radical (unpaired) electrons. The molecule has 0 aliphatic carbocycles. The van der Waals surface area contributed by atoms with E-state index in [1.165, 1.54) is 24.5 Å². The van der Waals surface area contributed by atoms with Gasteiger partial charge in [-0.1, -0.05) is 13.8 Å². The number of carbonyl (C=O) groups is 1. The average molecular weight is 447 g/mol. The summed E-state index contributed by atoms with van der Waals surface area (Å²) in [6, 6.07) is 6.06. The second-order valence-electron chi connectivity index (χ2n) is 7.21. The van der Waals surface area contributed by atoms with Crippen LogP contribution in [0.2, 0.25) is 0 Å². The van der Waals surface area contributed by atoms with E-state index in [1.54, 1.807) is 23.0 Å². The summed E-state index contributed by atoms with van der Waals surface area (Å²) in [5.41, 5.74) is 2.34. The number of carboxylic acid groups (broad SMARTS) is 1. The van der Waals surface area contributed by atoms with Crippen LogP contribution in [0.4, 0.5) is 4.39 Å². The smallest absolute Gasteiger partial charge is 0.307 e. The molecule has 3 rings (SSSR count). The maximum absolute atomic E-state index is 14.3. The summed E-state index contributed by atoms with van der Waals surface area (Å²) < 4.78 is 32.8. The molecule has 164 valence electrons. The molecule has 0 amide bonds. The molecule has 8 nitrogen and oxygen atoms in total. The van der Waals surface area contributed by atoms with Crippen LogP contribution in [0.15, 0.2) is 47.8 Å². The lowest BCUT2D eigenvalue weighted by Gasteiger charge is -2.17. The topological polar surface area (TPSA) is 120 Å². The van der Waals surface area contributed by atoms with E-state index in [1.807, 2.05) is 13.8 Å². The van der Waals surface area contributed by atoms with Crippen LogP contribution in [-0.4, -0.2) is 36.7 Å². The first kappa shape index (κ1) is 22.6. The molecule has 0 aliphatic heterocycles. The predicted octanol–water partition coefficient (Wildman–Crippen LogP) is 2.90. The van der Waals surface area contributed by atoms with Crippen molar-refractivity contribution in [2.45, 2.75) is 37.6 Å². The van der Waals surface area contributed by atoms with Gasteiger partial charge in [0.2, 0.25) is 5.88 Å². The number of hydrogen-bond acceptors (Lipinski definition) is 5. The molecular formula is C21H23FN4O4S. The lowest BCUT2D eigenvalue weighted by molar-refractivity contribution is -0.136. The zero-order valence-corrected chi connectivity index (χ0v) is 17.9. The van der Waals surface area contributed by atoms with Gasteiger partial charge in [0.25, 0.3) is 0 Å². The molecule has 0 fully saturated rings. The van der Waals surface area contributed by atoms with Gasteiger partial charge in [-0.2, -0.15) is 5.10 Å². The van der Waals surface area contributed by atoms with E-state index in [9.17, 15) is 18.5 Å². The Labute approximate surface area is 181 Å². The standard InChI is InChI=1S/C21H23FN4O4S/c1-13(2)17-8-15(22)9-18(19(17)10-21(27)28)14-3-4-24-20(7-14)30-6-5-26-12-16(11-25-26)31(23)29/h3-4,7-9,11-13H,5-6,10,23H2,1-2H3,(H,27,28). The van der Waals surface area contributed by atoms with Gasteiger partial charge in [0.15, 0.2) is 0 Å². The van der Waals surface area contributed by atoms with E-state index < -0.39 is 22.8 Å². The molecular weight excluding hydrogens is 423 g/mol. The molecule has 2 aromatic heterocycles. The Morgan fingerprint density at radius 1 is 1.35 bits per heavy atom. The molecule has 1 atom stereocenters. The van der Waals surface area contributed by atoms with Crippen molar-refractivity contribution in [1.29, 1.82) is 0 Å². The summed E-state index contributed by atoms with van der Waals surface area (Å²) in [5.74, 6) is -1.15. The number of nitrogens with zero attached hydrogens (tertiary/aromatic N) is 3. The van der Waals surface area contributed by atoms with Gasteiger partial charge in [0.1, 0.15) is 23.4 Å². The third-order valence-corrected chi connectivity index (χ3v) is 5.33. The molecule has 10 heteroatoms. The van der Waals surface area contributed by atoms with E-state index in [0.717, 1.165) is 0 Å². The monoisotopic (exact) mass is 446 g/mol. The summed E-state index contributed by atoms with van der Waals surface area (Å²) in [7, 11) is -1.60. The van der Waals surface area contributed by atoms with Gasteiger partial charge in [0, 0.05) is 18.5 Å². The van der Waals surface area contributed by atoms with Crippen LogP contribution in [0, 0.1) is 5.82 Å². The molecule has 1 aromatic carbocycles. The minimum Gasteiger partial charge on any atom is -0.481 e. The van der Waals surface area contributed by atoms with E-state index in [-0.39, 0.29) is 18.9 Å². The third-order valence-electron chi connectivity index (χ3n) is 4.66. The highest BCUT2D eigenvalue weighted by atomic mass is 32.2. The SMILES string of the molecule is CC(C)c1cc(F)cc(-c2ccnc(OCCn3cc(S(N)=O)cn3)c2)c1CC(=O)O. The highest BCUT2D eigenvalue weighted by molar-refractivity contribution is 7.82. The Balaban J connectivity index is 1.83. The molecule has 1 unspecified atom stereocenters. The summed E-state index contributed by atoms with van der Waals surface area (Å²) in [6.45, 7) is 4.40. The second kappa shape index (κ2) is 9.80. The summed E-state index contributed by atoms with van der Waals surface area (Å²) in [5, 5.41) is 18.7. The van der Waals surface area contributed by atoms with Crippen molar-refractivity contribution < 1.29 is 23.2 Å². The average Bonchev–Trinajstić information content (AvgIpc) is 3.18. The molecule has 0 saturated heterocycles. The maximum Gasteiger partial charge on any atom is 0.307 e. The maximum atomic E-state index is 14.3. The number of carboxylic acids is 1. The van der Waals surface area contributed by atoms with E-state index >= 15 is 0 Å². The van der Waals surface area contributed by atoms with Crippen LogP contribution in [0.1, 0.15) is 30.9 Å². The van der Waals surface area contributed by atoms with Crippen LogP contribution in [0.5, 0.6) is 5.88 Å². The summed E-state index contributed by atoms with van der Waals surface area (Å²) >= 11 is 0. The second-order valence-corrected chi connectivity index (χ2v) is 8.28. The predicted molar refractivity (Wildman–Crippen MR) is 113 cm³/mol. The van der Waals surface area contributed by atoms with Crippen molar-refractivity contribution in [2.24, 2.45) is 5.14 Å². The van der Waals surface area contributed by atoms with Gasteiger partial charge in [-0.15, -0.1) is 0 Å². The van der Waals surface area contributed by atoms with Crippen molar-refractivity contribution in [3.8, 4) is 17.0 Å². The molecule has 3 N–H and O–H groups in total. The number of nitrogens with two attached hydrogens (primary N) is 1. The Morgan fingerprint density at radius 3 is 2.77 bits per heavy atom. The highest BCUT2D eigenvalue weighted by Gasteiger charge is 2.18. The van der Waals surface area contributed by atoms with Gasteiger partial charge < -0.3 is 9.84 Å². The zero-order chi connectivity index (χ0) is 22.5. The van der Waals surface area contributed by atoms with Crippen LogP contribution in [0.3, 0.4) is 0 Å². The zero-order valence-electron chi connectivity index (χ0n) is 17.1. The van der Waals surface area contributed by atoms with Crippen LogP contribution < -0.4 is 9.88 Å². The van der Waals surface area contributed by atoms with Crippen molar-refractivity contribution in [3.63, 3.8) is 0 Å². The number of halogens is 1. The largest absolute Gasteiger partial charge is 0.481 e. The minimum atomic E-state index is -1.60. The fourth-order valence-corrected chi connectivity index (χ4v) is 3.63. The lowest BCUT2D eigenvalue weighted by atomic mass is 9.88. The Morgan fingerprint density at radius 2 is 2.13 bits per heavy atom. The Bertz CT molecular complexity index is 1120. The number of benzene rings is 1. The fourth-order valence-electron chi connectivity index (χ4n) is 3.25. The molecule has 2 heterocycles. The molecule has 0 saturated carbocycles. The quantitative estimate of drug-likeness (QED) is 0.521. The number of ether oxygens (including phenoxy) is 1. The van der Waals surface area contributed by atoms with Crippen molar-refractivity contribution in [2.75, 3.05) is 6.61 Å². The van der Waals surface area contributed by atoms with Gasteiger partial charge in [0.05, 0.1) is 24.1 Å². The number of rotatable bonds is 9. The van der Waals surface area contributed by atoms with Crippen molar-refractivity contribution in [1.82, 2.24) is 14.8 Å². The van der Waals surface area contributed by atoms with Gasteiger partial charge in [-0.25, -0.2) is 18.7 Å². The first-order chi connectivity index (χ1) is 14.7. The highest BCUT2D eigenvalue weighted by Crippen LogP contribution is 2.33. The molecule has 0 bridgehead atoms. The van der Waals surface area contributed by atoms with Gasteiger partial charge in [-0.3, -0.25) is 9.48 Å². The normalized spacial score (nSPS) is 12.2. The molecule has 31 heavy (non-hydrogen) atoms. The van der Waals surface area contributed by atoms with E-state index in [4.69, 9.17) is 9.88 Å². The number of aromatic nitrogens is 3.